The fourth-order valence-corrected chi connectivity index (χ4v) is 3.15. The number of rotatable bonds is 3. The van der Waals surface area contributed by atoms with E-state index in [9.17, 15) is 0 Å². The molecule has 0 spiro atoms. The summed E-state index contributed by atoms with van der Waals surface area (Å²) in [5, 5.41) is 1.12. The molecule has 0 amide bonds. The molecule has 0 aromatic heterocycles. The Balaban J connectivity index is 2.31. The summed E-state index contributed by atoms with van der Waals surface area (Å²) in [4.78, 5) is 0. The molecule has 1 atom stereocenters. The first-order chi connectivity index (χ1) is 8.90. The van der Waals surface area contributed by atoms with Gasteiger partial charge in [0.2, 0.25) is 0 Å². The lowest BCUT2D eigenvalue weighted by molar-refractivity contribution is 0.489. The van der Waals surface area contributed by atoms with Crippen LogP contribution in [0.1, 0.15) is 18.1 Å². The van der Waals surface area contributed by atoms with E-state index in [1.807, 2.05) is 43.3 Å². The monoisotopic (exact) mass is 357 g/mol. The maximum absolute atomic E-state index is 6.45. The van der Waals surface area contributed by atoms with Crippen LogP contribution in [0.15, 0.2) is 46.9 Å². The Morgan fingerprint density at radius 3 is 2.42 bits per heavy atom. The van der Waals surface area contributed by atoms with Gasteiger partial charge in [0.25, 0.3) is 0 Å². The summed E-state index contributed by atoms with van der Waals surface area (Å²) >= 11 is 15.5. The van der Waals surface area contributed by atoms with Crippen molar-refractivity contribution in [3.8, 4) is 0 Å². The number of halogens is 3. The van der Waals surface area contributed by atoms with Crippen LogP contribution in [0.2, 0.25) is 10.0 Å². The summed E-state index contributed by atoms with van der Waals surface area (Å²) in [5.74, 6) is 0. The second-order valence-corrected chi connectivity index (χ2v) is 6.49. The molecule has 0 saturated heterocycles. The van der Waals surface area contributed by atoms with Crippen molar-refractivity contribution in [2.24, 2.45) is 5.73 Å². The van der Waals surface area contributed by atoms with Gasteiger partial charge >= 0.3 is 0 Å². The molecule has 0 aliphatic carbocycles. The van der Waals surface area contributed by atoms with Crippen LogP contribution in [0.3, 0.4) is 0 Å². The van der Waals surface area contributed by atoms with Crippen LogP contribution >= 0.6 is 39.1 Å². The van der Waals surface area contributed by atoms with Gasteiger partial charge in [-0.25, -0.2) is 0 Å². The molecule has 2 N–H and O–H groups in total. The topological polar surface area (TPSA) is 26.0 Å². The van der Waals surface area contributed by atoms with Gasteiger partial charge in [0, 0.05) is 10.0 Å². The molecular formula is C15H14BrCl2N. The fraction of sp³-hybridized carbons (Fsp3) is 0.200. The Bertz CT molecular complexity index is 596. The van der Waals surface area contributed by atoms with Gasteiger partial charge in [-0.3, -0.25) is 0 Å². The highest BCUT2D eigenvalue weighted by Gasteiger charge is 2.24. The predicted octanol–water partition coefficient (Wildman–Crippen LogP) is 5.17. The third-order valence-electron chi connectivity index (χ3n) is 3.04. The van der Waals surface area contributed by atoms with Gasteiger partial charge < -0.3 is 5.73 Å². The normalized spacial score (nSPS) is 14.2. The number of benzene rings is 2. The van der Waals surface area contributed by atoms with Gasteiger partial charge in [0.05, 0.1) is 10.0 Å². The van der Waals surface area contributed by atoms with Gasteiger partial charge in [0.15, 0.2) is 0 Å². The third-order valence-corrected chi connectivity index (χ3v) is 4.48. The van der Waals surface area contributed by atoms with Crippen molar-refractivity contribution in [1.82, 2.24) is 0 Å². The van der Waals surface area contributed by atoms with E-state index in [0.29, 0.717) is 16.5 Å². The van der Waals surface area contributed by atoms with Gasteiger partial charge in [-0.15, -0.1) is 0 Å². The zero-order valence-electron chi connectivity index (χ0n) is 10.5. The highest BCUT2D eigenvalue weighted by Crippen LogP contribution is 2.31. The maximum atomic E-state index is 6.45. The van der Waals surface area contributed by atoms with Crippen molar-refractivity contribution in [2.45, 2.75) is 18.9 Å². The summed E-state index contributed by atoms with van der Waals surface area (Å²) in [6, 6.07) is 13.6. The van der Waals surface area contributed by atoms with Crippen molar-refractivity contribution >= 4 is 39.1 Å². The van der Waals surface area contributed by atoms with E-state index in [1.54, 1.807) is 6.07 Å². The van der Waals surface area contributed by atoms with Crippen molar-refractivity contribution in [3.05, 3.63) is 68.1 Å². The minimum atomic E-state index is -0.475. The molecule has 0 radical (unpaired) electrons. The molecule has 0 heterocycles. The Labute approximate surface area is 131 Å². The van der Waals surface area contributed by atoms with Crippen molar-refractivity contribution in [1.29, 1.82) is 0 Å². The summed E-state index contributed by atoms with van der Waals surface area (Å²) < 4.78 is 1.01. The largest absolute Gasteiger partial charge is 0.321 e. The molecular weight excluding hydrogens is 345 g/mol. The SMILES string of the molecule is CC(N)(Cc1ccc(Cl)c(Cl)c1)c1ccccc1Br. The minimum Gasteiger partial charge on any atom is -0.321 e. The second-order valence-electron chi connectivity index (χ2n) is 4.82. The Morgan fingerprint density at radius 1 is 1.11 bits per heavy atom. The molecule has 1 nitrogen and oxygen atoms in total. The average molecular weight is 359 g/mol. The van der Waals surface area contributed by atoms with Crippen LogP contribution in [-0.2, 0) is 12.0 Å². The molecule has 4 heteroatoms. The fourth-order valence-electron chi connectivity index (χ4n) is 2.09. The van der Waals surface area contributed by atoms with E-state index < -0.39 is 5.54 Å². The molecule has 0 saturated carbocycles. The summed E-state index contributed by atoms with van der Waals surface area (Å²) in [6.45, 7) is 2.01. The molecule has 0 bridgehead atoms. The van der Waals surface area contributed by atoms with E-state index in [-0.39, 0.29) is 0 Å². The molecule has 2 rings (SSSR count). The van der Waals surface area contributed by atoms with Crippen molar-refractivity contribution < 1.29 is 0 Å². The molecule has 0 aliphatic heterocycles. The zero-order valence-corrected chi connectivity index (χ0v) is 13.6. The lowest BCUT2D eigenvalue weighted by Gasteiger charge is -2.26. The van der Waals surface area contributed by atoms with E-state index in [0.717, 1.165) is 15.6 Å². The van der Waals surface area contributed by atoms with Gasteiger partial charge in [0.1, 0.15) is 0 Å². The summed E-state index contributed by atoms with van der Waals surface area (Å²) in [6.07, 6.45) is 0.687. The summed E-state index contributed by atoms with van der Waals surface area (Å²) in [7, 11) is 0. The van der Waals surface area contributed by atoms with Gasteiger partial charge in [-0.05, 0) is 42.7 Å². The molecule has 0 fully saturated rings. The van der Waals surface area contributed by atoms with Crippen LogP contribution in [-0.4, -0.2) is 0 Å². The second kappa shape index (κ2) is 5.84. The van der Waals surface area contributed by atoms with Crippen LogP contribution in [0.4, 0.5) is 0 Å². The molecule has 2 aromatic rings. The Morgan fingerprint density at radius 2 is 1.79 bits per heavy atom. The van der Waals surface area contributed by atoms with Crippen LogP contribution in [0, 0.1) is 0 Å². The van der Waals surface area contributed by atoms with Crippen molar-refractivity contribution in [3.63, 3.8) is 0 Å². The van der Waals surface area contributed by atoms with Gasteiger partial charge in [-0.2, -0.15) is 0 Å². The highest BCUT2D eigenvalue weighted by atomic mass is 79.9. The molecule has 0 aliphatic rings. The highest BCUT2D eigenvalue weighted by molar-refractivity contribution is 9.10. The van der Waals surface area contributed by atoms with E-state index in [4.69, 9.17) is 28.9 Å². The molecule has 2 aromatic carbocycles. The standard InChI is InChI=1S/C15H14BrCl2N/c1-15(19,11-4-2-3-5-12(11)16)9-10-6-7-13(17)14(18)8-10/h2-8H,9,19H2,1H3. The number of hydrogen-bond acceptors (Lipinski definition) is 1. The molecule has 100 valence electrons. The van der Waals surface area contributed by atoms with Crippen molar-refractivity contribution in [2.75, 3.05) is 0 Å². The van der Waals surface area contributed by atoms with Crippen LogP contribution in [0.25, 0.3) is 0 Å². The Kier molecular flexibility index (Phi) is 4.57. The first kappa shape index (κ1) is 14.9. The molecule has 19 heavy (non-hydrogen) atoms. The van der Waals surface area contributed by atoms with Crippen LogP contribution in [0.5, 0.6) is 0 Å². The van der Waals surface area contributed by atoms with E-state index in [1.165, 1.54) is 0 Å². The minimum absolute atomic E-state index is 0.475. The zero-order chi connectivity index (χ0) is 14.0. The number of hydrogen-bond donors (Lipinski definition) is 1. The first-order valence-electron chi connectivity index (χ1n) is 5.88. The lowest BCUT2D eigenvalue weighted by atomic mass is 9.87. The third kappa shape index (κ3) is 3.51. The maximum Gasteiger partial charge on any atom is 0.0595 e. The first-order valence-corrected chi connectivity index (χ1v) is 7.43. The quantitative estimate of drug-likeness (QED) is 0.804. The smallest absolute Gasteiger partial charge is 0.0595 e. The number of nitrogens with two attached hydrogens (primary N) is 1. The van der Waals surface area contributed by atoms with Crippen LogP contribution < -0.4 is 5.73 Å². The summed E-state index contributed by atoms with van der Waals surface area (Å²) in [5.41, 5.74) is 8.11. The predicted molar refractivity (Wildman–Crippen MR) is 85.8 cm³/mol. The van der Waals surface area contributed by atoms with Gasteiger partial charge in [-0.1, -0.05) is 63.4 Å². The Hall–Kier alpha value is -0.540. The van der Waals surface area contributed by atoms with E-state index >= 15 is 0 Å². The average Bonchev–Trinajstić information content (AvgIpc) is 2.34. The lowest BCUT2D eigenvalue weighted by Crippen LogP contribution is -2.35. The molecule has 1 unspecified atom stereocenters. The van der Waals surface area contributed by atoms with E-state index in [2.05, 4.69) is 15.9 Å².